The fraction of sp³-hybridized carbons (Fsp3) is 0.222. The Balaban J connectivity index is 1.92. The van der Waals surface area contributed by atoms with Crippen molar-refractivity contribution in [1.29, 1.82) is 0 Å². The van der Waals surface area contributed by atoms with Gasteiger partial charge in [-0.2, -0.15) is 0 Å². The number of carbonyl (C=O) groups excluding carboxylic acids is 1. The second-order valence-electron chi connectivity index (χ2n) is 5.92. The van der Waals surface area contributed by atoms with Crippen LogP contribution < -0.4 is 5.32 Å². The molecule has 3 aromatic rings. The van der Waals surface area contributed by atoms with Gasteiger partial charge in [0.2, 0.25) is 0 Å². The molecule has 1 aliphatic heterocycles. The number of imidazole rings is 1. The number of aromatic nitrogens is 2. The fourth-order valence-corrected chi connectivity index (χ4v) is 3.16. The van der Waals surface area contributed by atoms with Crippen molar-refractivity contribution in [3.63, 3.8) is 0 Å². The molecule has 1 aromatic carbocycles. The predicted octanol–water partition coefficient (Wildman–Crippen LogP) is 2.66. The van der Waals surface area contributed by atoms with Crippen LogP contribution in [0.4, 0.5) is 5.69 Å². The molecule has 1 aliphatic rings. The summed E-state index contributed by atoms with van der Waals surface area (Å²) in [6.07, 6.45) is 0.725. The minimum absolute atomic E-state index is 0.270. The summed E-state index contributed by atoms with van der Waals surface area (Å²) in [6, 6.07) is 10.8. The third kappa shape index (κ3) is 1.97. The normalized spacial score (nSPS) is 20.4. The zero-order valence-electron chi connectivity index (χ0n) is 12.9. The molecular formula is C18H17N3O2. The van der Waals surface area contributed by atoms with Gasteiger partial charge in [0.05, 0.1) is 17.4 Å². The number of fused-ring (bicyclic) bond motifs is 3. The lowest BCUT2D eigenvalue weighted by Gasteiger charge is -2.31. The molecule has 2 atom stereocenters. The lowest BCUT2D eigenvalue weighted by molar-refractivity contribution is 0.0695. The van der Waals surface area contributed by atoms with Gasteiger partial charge in [-0.25, -0.2) is 4.98 Å². The summed E-state index contributed by atoms with van der Waals surface area (Å²) < 4.78 is 1.97. The Labute approximate surface area is 133 Å². The first-order chi connectivity index (χ1) is 11.1. The number of nitrogens with one attached hydrogen (secondary N) is 1. The third-order valence-electron chi connectivity index (χ3n) is 4.58. The van der Waals surface area contributed by atoms with Crippen molar-refractivity contribution in [3.05, 3.63) is 65.1 Å². The number of rotatable bonds is 1. The van der Waals surface area contributed by atoms with Gasteiger partial charge in [-0.05, 0) is 25.5 Å². The van der Waals surface area contributed by atoms with Gasteiger partial charge in [0, 0.05) is 17.5 Å². The number of ketones is 1. The van der Waals surface area contributed by atoms with Gasteiger partial charge in [-0.15, -0.1) is 0 Å². The maximum Gasteiger partial charge on any atom is 0.196 e. The number of benzene rings is 1. The molecule has 0 radical (unpaired) electrons. The smallest absolute Gasteiger partial charge is 0.196 e. The van der Waals surface area contributed by atoms with E-state index in [2.05, 4.69) is 10.3 Å². The van der Waals surface area contributed by atoms with Gasteiger partial charge in [-0.3, -0.25) is 4.79 Å². The first kappa shape index (κ1) is 14.0. The summed E-state index contributed by atoms with van der Waals surface area (Å²) >= 11 is 0. The first-order valence-corrected chi connectivity index (χ1v) is 7.60. The van der Waals surface area contributed by atoms with E-state index in [9.17, 15) is 9.90 Å². The van der Waals surface area contributed by atoms with Crippen LogP contribution in [0, 0.1) is 13.8 Å². The van der Waals surface area contributed by atoms with Gasteiger partial charge < -0.3 is 14.8 Å². The zero-order valence-corrected chi connectivity index (χ0v) is 12.9. The summed E-state index contributed by atoms with van der Waals surface area (Å²) in [6.45, 7) is 3.94. The number of hydrogen-bond acceptors (Lipinski definition) is 4. The van der Waals surface area contributed by atoms with Crippen LogP contribution in [0.15, 0.2) is 42.6 Å². The van der Waals surface area contributed by atoms with Crippen molar-refractivity contribution >= 4 is 17.1 Å². The molecule has 3 heterocycles. The van der Waals surface area contributed by atoms with Crippen LogP contribution in [-0.4, -0.2) is 26.4 Å². The Bertz CT molecular complexity index is 915. The molecule has 5 nitrogen and oxygen atoms in total. The molecule has 23 heavy (non-hydrogen) atoms. The molecule has 0 spiro atoms. The van der Waals surface area contributed by atoms with E-state index in [4.69, 9.17) is 0 Å². The molecule has 0 aliphatic carbocycles. The van der Waals surface area contributed by atoms with Crippen LogP contribution in [0.1, 0.15) is 33.4 Å². The number of anilines is 1. The number of aliphatic hydroxyl groups is 1. The second-order valence-corrected chi connectivity index (χ2v) is 5.92. The molecule has 0 saturated heterocycles. The molecule has 4 rings (SSSR count). The number of hydrogen-bond donors (Lipinski definition) is 2. The van der Waals surface area contributed by atoms with Crippen molar-refractivity contribution < 1.29 is 9.90 Å². The molecule has 2 N–H and O–H groups in total. The molecule has 0 bridgehead atoms. The highest BCUT2D eigenvalue weighted by molar-refractivity contribution is 6.09. The standard InChI is InChI=1S/C18H17N3O2/c1-10-11(2)21-9-8-13-15(18(21)19-10)20-14(17(23)16(13)22)12-6-4-3-5-7-12/h3-9,14,17,20,23H,1-2H3/t14?,17-/m1/s1. The van der Waals surface area contributed by atoms with Gasteiger partial charge in [-0.1, -0.05) is 30.3 Å². The quantitative estimate of drug-likeness (QED) is 0.725. The highest BCUT2D eigenvalue weighted by Gasteiger charge is 2.36. The van der Waals surface area contributed by atoms with E-state index < -0.39 is 12.1 Å². The van der Waals surface area contributed by atoms with Crippen molar-refractivity contribution in [2.45, 2.75) is 26.0 Å². The van der Waals surface area contributed by atoms with E-state index in [1.54, 1.807) is 6.07 Å². The SMILES string of the molecule is Cc1nc2c3c(ccn2c1C)C(=O)[C@H](O)C(c1ccccc1)N3. The lowest BCUT2D eigenvalue weighted by atomic mass is 9.90. The highest BCUT2D eigenvalue weighted by Crippen LogP contribution is 2.35. The number of carbonyl (C=O) groups is 1. The summed E-state index contributed by atoms with van der Waals surface area (Å²) in [5, 5.41) is 13.8. The van der Waals surface area contributed by atoms with Crippen LogP contribution in [0.3, 0.4) is 0 Å². The van der Waals surface area contributed by atoms with E-state index in [-0.39, 0.29) is 5.78 Å². The van der Waals surface area contributed by atoms with Crippen molar-refractivity contribution in [2.75, 3.05) is 5.32 Å². The third-order valence-corrected chi connectivity index (χ3v) is 4.58. The van der Waals surface area contributed by atoms with Crippen LogP contribution in [0.2, 0.25) is 0 Å². The average Bonchev–Trinajstić information content (AvgIpc) is 2.86. The second kappa shape index (κ2) is 4.93. The van der Waals surface area contributed by atoms with Gasteiger partial charge in [0.15, 0.2) is 11.4 Å². The summed E-state index contributed by atoms with van der Waals surface area (Å²) in [7, 11) is 0. The van der Waals surface area contributed by atoms with Crippen LogP contribution >= 0.6 is 0 Å². The fourth-order valence-electron chi connectivity index (χ4n) is 3.16. The van der Waals surface area contributed by atoms with Crippen molar-refractivity contribution in [2.24, 2.45) is 0 Å². The van der Waals surface area contributed by atoms with Crippen LogP contribution in [-0.2, 0) is 0 Å². The Morgan fingerprint density at radius 1 is 1.17 bits per heavy atom. The monoisotopic (exact) mass is 307 g/mol. The number of aryl methyl sites for hydroxylation is 2. The predicted molar refractivity (Wildman–Crippen MR) is 87.8 cm³/mol. The zero-order chi connectivity index (χ0) is 16.1. The number of nitrogens with zero attached hydrogens (tertiary/aromatic N) is 2. The maximum atomic E-state index is 12.6. The number of aliphatic hydroxyl groups excluding tert-OH is 1. The van der Waals surface area contributed by atoms with Crippen molar-refractivity contribution in [3.8, 4) is 0 Å². The summed E-state index contributed by atoms with van der Waals surface area (Å²) in [5.74, 6) is -0.270. The van der Waals surface area contributed by atoms with Gasteiger partial charge in [0.25, 0.3) is 0 Å². The van der Waals surface area contributed by atoms with Crippen molar-refractivity contribution in [1.82, 2.24) is 9.38 Å². The first-order valence-electron chi connectivity index (χ1n) is 7.60. The molecule has 116 valence electrons. The van der Waals surface area contributed by atoms with E-state index in [1.165, 1.54) is 0 Å². The molecule has 2 aromatic heterocycles. The van der Waals surface area contributed by atoms with E-state index in [1.807, 2.05) is 54.8 Å². The largest absolute Gasteiger partial charge is 0.382 e. The molecule has 0 fully saturated rings. The van der Waals surface area contributed by atoms with E-state index in [0.717, 1.165) is 22.6 Å². The van der Waals surface area contributed by atoms with E-state index >= 15 is 0 Å². The molecule has 5 heteroatoms. The Morgan fingerprint density at radius 3 is 2.65 bits per heavy atom. The molecular weight excluding hydrogens is 290 g/mol. The van der Waals surface area contributed by atoms with Gasteiger partial charge in [0.1, 0.15) is 6.10 Å². The van der Waals surface area contributed by atoms with Crippen LogP contribution in [0.5, 0.6) is 0 Å². The lowest BCUT2D eigenvalue weighted by Crippen LogP contribution is -2.38. The number of pyridine rings is 1. The maximum absolute atomic E-state index is 12.6. The van der Waals surface area contributed by atoms with Crippen LogP contribution in [0.25, 0.3) is 5.65 Å². The van der Waals surface area contributed by atoms with Gasteiger partial charge >= 0.3 is 0 Å². The minimum Gasteiger partial charge on any atom is -0.382 e. The molecule has 1 unspecified atom stereocenters. The summed E-state index contributed by atoms with van der Waals surface area (Å²) in [5.41, 5.74) is 4.74. The Kier molecular flexibility index (Phi) is 2.99. The Morgan fingerprint density at radius 2 is 1.91 bits per heavy atom. The summed E-state index contributed by atoms with van der Waals surface area (Å²) in [4.78, 5) is 17.2. The molecule has 0 amide bonds. The topological polar surface area (TPSA) is 66.6 Å². The van der Waals surface area contributed by atoms with E-state index in [0.29, 0.717) is 11.3 Å². The average molecular weight is 307 g/mol. The minimum atomic E-state index is -1.11. The number of Topliss-reactive ketones (excluding diaryl/α,β-unsaturated/α-hetero) is 1. The Hall–Kier alpha value is -2.66. The highest BCUT2D eigenvalue weighted by atomic mass is 16.3. The molecule has 0 saturated carbocycles.